The van der Waals surface area contributed by atoms with Gasteiger partial charge in [0, 0.05) is 23.5 Å². The van der Waals surface area contributed by atoms with E-state index in [1.807, 2.05) is 46.7 Å². The predicted octanol–water partition coefficient (Wildman–Crippen LogP) is 1.38. The second-order valence-corrected chi connectivity index (χ2v) is 7.69. The quantitative estimate of drug-likeness (QED) is 0.725. The Labute approximate surface area is 164 Å². The third-order valence-electron chi connectivity index (χ3n) is 4.84. The number of carbonyl (C=O) groups is 1. The van der Waals surface area contributed by atoms with Crippen LogP contribution in [0.5, 0.6) is 0 Å². The molecule has 0 saturated heterocycles. The van der Waals surface area contributed by atoms with Crippen LogP contribution in [0.1, 0.15) is 16.9 Å². The molecule has 9 heteroatoms. The third-order valence-corrected chi connectivity index (χ3v) is 5.72. The number of nitrogens with one attached hydrogen (secondary N) is 1. The Morgan fingerprint density at radius 3 is 2.96 bits per heavy atom. The second-order valence-electron chi connectivity index (χ2n) is 6.66. The molecule has 8 nitrogen and oxygen atoms in total. The summed E-state index contributed by atoms with van der Waals surface area (Å²) in [6, 6.07) is 11.6. The zero-order valence-electron chi connectivity index (χ0n) is 15.0. The molecule has 1 aromatic carbocycles. The van der Waals surface area contributed by atoms with Crippen molar-refractivity contribution >= 4 is 29.0 Å². The SMILES string of the molecule is O=C(Cn1nc2n(c1=O)-c1ccccc1C1=NCCCN12)NCc1cccs1. The Hall–Kier alpha value is -3.20. The predicted molar refractivity (Wildman–Crippen MR) is 107 cm³/mol. The number of amides is 1. The fourth-order valence-electron chi connectivity index (χ4n) is 3.56. The Bertz CT molecular complexity index is 1130. The number of fused-ring (bicyclic) bond motifs is 6. The molecule has 0 fully saturated rings. The monoisotopic (exact) mass is 394 g/mol. The van der Waals surface area contributed by atoms with E-state index in [2.05, 4.69) is 15.4 Å². The molecule has 0 bridgehead atoms. The molecule has 2 aromatic heterocycles. The van der Waals surface area contributed by atoms with Crippen LogP contribution < -0.4 is 15.9 Å². The summed E-state index contributed by atoms with van der Waals surface area (Å²) in [6.45, 7) is 1.84. The van der Waals surface area contributed by atoms with Gasteiger partial charge in [0.2, 0.25) is 11.9 Å². The van der Waals surface area contributed by atoms with Crippen LogP contribution in [0.4, 0.5) is 5.95 Å². The maximum absolute atomic E-state index is 13.0. The van der Waals surface area contributed by atoms with Crippen molar-refractivity contribution in [3.8, 4) is 5.69 Å². The number of carbonyl (C=O) groups excluding carboxylic acids is 1. The second kappa shape index (κ2) is 6.75. The largest absolute Gasteiger partial charge is 0.352 e. The van der Waals surface area contributed by atoms with Gasteiger partial charge < -0.3 is 5.32 Å². The van der Waals surface area contributed by atoms with E-state index in [0.717, 1.165) is 41.5 Å². The average molecular weight is 394 g/mol. The van der Waals surface area contributed by atoms with Gasteiger partial charge in [0.15, 0.2) is 0 Å². The number of aliphatic imine (C=N–C) groups is 1. The van der Waals surface area contributed by atoms with Crippen LogP contribution in [0.25, 0.3) is 5.69 Å². The average Bonchev–Trinajstić information content (AvgIpc) is 3.35. The van der Waals surface area contributed by atoms with Crippen molar-refractivity contribution in [3.63, 3.8) is 0 Å². The molecule has 0 atom stereocenters. The Morgan fingerprint density at radius 2 is 2.11 bits per heavy atom. The first-order valence-electron chi connectivity index (χ1n) is 9.13. The van der Waals surface area contributed by atoms with Crippen LogP contribution in [-0.4, -0.2) is 39.2 Å². The molecule has 3 aromatic rings. The van der Waals surface area contributed by atoms with Gasteiger partial charge in [-0.25, -0.2) is 14.0 Å². The van der Waals surface area contributed by atoms with Crippen LogP contribution in [-0.2, 0) is 17.9 Å². The first-order valence-corrected chi connectivity index (χ1v) is 10.0. The van der Waals surface area contributed by atoms with E-state index in [0.29, 0.717) is 12.5 Å². The highest BCUT2D eigenvalue weighted by molar-refractivity contribution is 7.09. The first kappa shape index (κ1) is 16.9. The minimum absolute atomic E-state index is 0.118. The summed E-state index contributed by atoms with van der Waals surface area (Å²) in [7, 11) is 0. The summed E-state index contributed by atoms with van der Waals surface area (Å²) in [5, 5.41) is 9.28. The summed E-state index contributed by atoms with van der Waals surface area (Å²) < 4.78 is 2.81. The van der Waals surface area contributed by atoms with Gasteiger partial charge in [0.1, 0.15) is 12.4 Å². The molecular formula is C19H18N6O2S. The highest BCUT2D eigenvalue weighted by Crippen LogP contribution is 2.29. The van der Waals surface area contributed by atoms with Crippen molar-refractivity contribution in [2.24, 2.45) is 4.99 Å². The van der Waals surface area contributed by atoms with Crippen LogP contribution in [0.2, 0.25) is 0 Å². The lowest BCUT2D eigenvalue weighted by atomic mass is 10.1. The number of nitrogens with zero attached hydrogens (tertiary/aromatic N) is 5. The fraction of sp³-hybridized carbons (Fsp3) is 0.263. The molecule has 142 valence electrons. The van der Waals surface area contributed by atoms with Crippen LogP contribution in [0, 0.1) is 0 Å². The number of anilines is 1. The highest BCUT2D eigenvalue weighted by Gasteiger charge is 2.33. The smallest absolute Gasteiger partial charge is 0.350 e. The highest BCUT2D eigenvalue weighted by atomic mass is 32.1. The van der Waals surface area contributed by atoms with Crippen molar-refractivity contribution in [3.05, 3.63) is 62.7 Å². The molecule has 1 N–H and O–H groups in total. The lowest BCUT2D eigenvalue weighted by molar-refractivity contribution is -0.122. The van der Waals surface area contributed by atoms with Crippen LogP contribution in [0.3, 0.4) is 0 Å². The van der Waals surface area contributed by atoms with Gasteiger partial charge in [-0.05, 0) is 30.0 Å². The Morgan fingerprint density at radius 1 is 1.21 bits per heavy atom. The fourth-order valence-corrected chi connectivity index (χ4v) is 4.21. The van der Waals surface area contributed by atoms with E-state index < -0.39 is 0 Å². The number of rotatable bonds is 4. The van der Waals surface area contributed by atoms with E-state index in [9.17, 15) is 9.59 Å². The van der Waals surface area contributed by atoms with E-state index in [1.165, 1.54) is 4.68 Å². The van der Waals surface area contributed by atoms with E-state index in [-0.39, 0.29) is 18.1 Å². The minimum atomic E-state index is -0.321. The lowest BCUT2D eigenvalue weighted by Gasteiger charge is -2.33. The Balaban J connectivity index is 1.48. The standard InChI is InChI=1S/C19H18N6O2S/c26-16(21-11-13-5-3-10-28-13)12-24-19(27)25-15-7-2-1-6-14(15)17-20-8-4-9-23(17)18(25)22-24/h1-3,5-7,10H,4,8-9,11-12H2,(H,21,26). The molecular weight excluding hydrogens is 376 g/mol. The molecule has 0 radical (unpaired) electrons. The lowest BCUT2D eigenvalue weighted by Crippen LogP contribution is -2.42. The number of hydrogen-bond acceptors (Lipinski definition) is 6. The maximum Gasteiger partial charge on any atom is 0.352 e. The first-order chi connectivity index (χ1) is 13.7. The van der Waals surface area contributed by atoms with Crippen molar-refractivity contribution in [1.82, 2.24) is 19.7 Å². The molecule has 0 saturated carbocycles. The third kappa shape index (κ3) is 2.75. The number of aromatic nitrogens is 3. The summed E-state index contributed by atoms with van der Waals surface area (Å²) >= 11 is 1.58. The zero-order chi connectivity index (χ0) is 19.1. The van der Waals surface area contributed by atoms with Gasteiger partial charge in [-0.3, -0.25) is 14.7 Å². The maximum atomic E-state index is 13.0. The molecule has 1 amide bonds. The molecule has 4 heterocycles. The van der Waals surface area contributed by atoms with Gasteiger partial charge in [0.25, 0.3) is 0 Å². The van der Waals surface area contributed by atoms with E-state index in [4.69, 9.17) is 0 Å². The zero-order valence-corrected chi connectivity index (χ0v) is 15.9. The molecule has 0 spiro atoms. The summed E-state index contributed by atoms with van der Waals surface area (Å²) in [4.78, 5) is 33.1. The van der Waals surface area contributed by atoms with Crippen molar-refractivity contribution in [1.29, 1.82) is 0 Å². The molecule has 2 aliphatic rings. The number of para-hydroxylation sites is 1. The summed E-state index contributed by atoms with van der Waals surface area (Å²) in [5.41, 5.74) is 1.35. The number of thiophene rings is 1. The van der Waals surface area contributed by atoms with Crippen molar-refractivity contribution < 1.29 is 4.79 Å². The van der Waals surface area contributed by atoms with Gasteiger partial charge in [-0.15, -0.1) is 16.4 Å². The van der Waals surface area contributed by atoms with Gasteiger partial charge in [-0.1, -0.05) is 18.2 Å². The molecule has 28 heavy (non-hydrogen) atoms. The summed E-state index contributed by atoms with van der Waals surface area (Å²) in [6.07, 6.45) is 0.897. The normalized spacial score (nSPS) is 14.7. The van der Waals surface area contributed by atoms with E-state index >= 15 is 0 Å². The van der Waals surface area contributed by atoms with Gasteiger partial charge in [-0.2, -0.15) is 0 Å². The molecule has 0 aliphatic carbocycles. The molecule has 5 rings (SSSR count). The number of amidine groups is 1. The molecule has 2 aliphatic heterocycles. The van der Waals surface area contributed by atoms with Gasteiger partial charge >= 0.3 is 5.69 Å². The molecule has 0 unspecified atom stereocenters. The van der Waals surface area contributed by atoms with Crippen LogP contribution >= 0.6 is 11.3 Å². The summed E-state index contributed by atoms with van der Waals surface area (Å²) in [5.74, 6) is 1.12. The van der Waals surface area contributed by atoms with Gasteiger partial charge in [0.05, 0.1) is 12.2 Å². The van der Waals surface area contributed by atoms with Crippen molar-refractivity contribution in [2.45, 2.75) is 19.5 Å². The Kier molecular flexibility index (Phi) is 4.09. The van der Waals surface area contributed by atoms with Crippen molar-refractivity contribution in [2.75, 3.05) is 18.0 Å². The number of benzene rings is 1. The minimum Gasteiger partial charge on any atom is -0.350 e. The topological polar surface area (TPSA) is 84.5 Å². The van der Waals surface area contributed by atoms with E-state index in [1.54, 1.807) is 15.9 Å². The number of hydrogen-bond donors (Lipinski definition) is 1. The van der Waals surface area contributed by atoms with Crippen LogP contribution in [0.15, 0.2) is 51.6 Å².